The number of alkyl halides is 3. The van der Waals surface area contributed by atoms with Gasteiger partial charge in [0.15, 0.2) is 11.6 Å². The van der Waals surface area contributed by atoms with E-state index in [0.29, 0.717) is 47.7 Å². The average Bonchev–Trinajstić information content (AvgIpc) is 3.43. The molecule has 4 rings (SSSR count). The highest BCUT2D eigenvalue weighted by Gasteiger charge is 2.31. The summed E-state index contributed by atoms with van der Waals surface area (Å²) in [5, 5.41) is 18.9. The SMILES string of the molecule is CCCCC(=O)c1cn(CCCCc2ccc(NC(=O)Cc3cc(-c4cccc(OC(F)(F)F)c4)ccn3)nn2)nn1. The molecule has 10 nitrogen and oxygen atoms in total. The van der Waals surface area contributed by atoms with Gasteiger partial charge in [0, 0.05) is 19.2 Å². The van der Waals surface area contributed by atoms with E-state index in [9.17, 15) is 22.8 Å². The molecule has 0 saturated carbocycles. The van der Waals surface area contributed by atoms with Gasteiger partial charge >= 0.3 is 6.36 Å². The number of rotatable bonds is 14. The smallest absolute Gasteiger partial charge is 0.406 e. The van der Waals surface area contributed by atoms with Gasteiger partial charge in [0.2, 0.25) is 5.91 Å². The Morgan fingerprint density at radius 2 is 1.79 bits per heavy atom. The van der Waals surface area contributed by atoms with Gasteiger partial charge in [0.25, 0.3) is 0 Å². The monoisotopic (exact) mass is 581 g/mol. The lowest BCUT2D eigenvalue weighted by molar-refractivity contribution is -0.274. The second-order valence-electron chi connectivity index (χ2n) is 9.60. The summed E-state index contributed by atoms with van der Waals surface area (Å²) in [6.07, 6.45) is 2.92. The van der Waals surface area contributed by atoms with Gasteiger partial charge in [0.1, 0.15) is 11.4 Å². The number of carbonyl (C=O) groups excluding carboxylic acids is 2. The molecule has 0 bridgehead atoms. The maximum Gasteiger partial charge on any atom is 0.573 e. The molecule has 4 aromatic rings. The minimum atomic E-state index is -4.79. The van der Waals surface area contributed by atoms with Crippen LogP contribution in [-0.4, -0.2) is 48.2 Å². The van der Waals surface area contributed by atoms with Crippen molar-refractivity contribution in [3.05, 3.63) is 78.0 Å². The van der Waals surface area contributed by atoms with E-state index >= 15 is 0 Å². The zero-order valence-corrected chi connectivity index (χ0v) is 23.0. The van der Waals surface area contributed by atoms with E-state index in [0.717, 1.165) is 31.4 Å². The molecule has 0 fully saturated rings. The zero-order valence-electron chi connectivity index (χ0n) is 23.0. The van der Waals surface area contributed by atoms with Crippen LogP contribution in [-0.2, 0) is 24.2 Å². The first-order valence-electron chi connectivity index (χ1n) is 13.6. The Balaban J connectivity index is 1.23. The number of hydrogen-bond acceptors (Lipinski definition) is 8. The minimum Gasteiger partial charge on any atom is -0.406 e. The highest BCUT2D eigenvalue weighted by molar-refractivity contribution is 5.93. The number of pyridine rings is 1. The Morgan fingerprint density at radius 3 is 2.55 bits per heavy atom. The quantitative estimate of drug-likeness (QED) is 0.151. The standard InChI is InChI=1S/C29H30F3N7O3/c1-2-3-10-26(40)25-19-39(38-36-25)15-5-4-8-22-11-12-27(37-35-22)34-28(41)18-23-16-21(13-14-33-23)20-7-6-9-24(17-20)42-29(30,31)32/h6-7,9,11-14,16-17,19H,2-5,8,10,15,18H2,1H3,(H,34,37,41). The molecule has 0 radical (unpaired) electrons. The third-order valence-electron chi connectivity index (χ3n) is 6.20. The van der Waals surface area contributed by atoms with Crippen molar-refractivity contribution in [1.29, 1.82) is 0 Å². The number of hydrogen-bond donors (Lipinski definition) is 1. The zero-order chi connectivity index (χ0) is 30.0. The van der Waals surface area contributed by atoms with Crippen LogP contribution in [0.4, 0.5) is 19.0 Å². The molecule has 0 atom stereocenters. The molecular formula is C29H30F3N7O3. The van der Waals surface area contributed by atoms with E-state index in [2.05, 4.69) is 35.5 Å². The number of ketones is 1. The predicted octanol–water partition coefficient (Wildman–Crippen LogP) is 5.61. The number of aryl methyl sites for hydroxylation is 2. The molecule has 1 aromatic carbocycles. The van der Waals surface area contributed by atoms with Gasteiger partial charge in [-0.05, 0) is 73.2 Å². The number of unbranched alkanes of at least 4 members (excludes halogenated alkanes) is 2. The lowest BCUT2D eigenvalue weighted by atomic mass is 10.1. The summed E-state index contributed by atoms with van der Waals surface area (Å²) in [4.78, 5) is 28.8. The Kier molecular flexibility index (Phi) is 10.3. The molecule has 42 heavy (non-hydrogen) atoms. The second kappa shape index (κ2) is 14.3. The molecule has 0 aliphatic rings. The van der Waals surface area contributed by atoms with E-state index in [1.807, 2.05) is 6.92 Å². The van der Waals surface area contributed by atoms with Crippen molar-refractivity contribution in [2.24, 2.45) is 0 Å². The van der Waals surface area contributed by atoms with Crippen molar-refractivity contribution >= 4 is 17.5 Å². The molecular weight excluding hydrogens is 551 g/mol. The molecule has 3 aromatic heterocycles. The first-order valence-corrected chi connectivity index (χ1v) is 13.6. The van der Waals surface area contributed by atoms with Gasteiger partial charge in [-0.25, -0.2) is 0 Å². The van der Waals surface area contributed by atoms with E-state index in [4.69, 9.17) is 0 Å². The molecule has 0 unspecified atom stereocenters. The van der Waals surface area contributed by atoms with Crippen LogP contribution in [0.5, 0.6) is 5.75 Å². The summed E-state index contributed by atoms with van der Waals surface area (Å²) in [5.41, 5.74) is 2.69. The van der Waals surface area contributed by atoms with Gasteiger partial charge in [-0.1, -0.05) is 30.7 Å². The molecule has 220 valence electrons. The Labute approximate surface area is 240 Å². The van der Waals surface area contributed by atoms with Crippen molar-refractivity contribution in [3.8, 4) is 16.9 Å². The first-order chi connectivity index (χ1) is 20.2. The molecule has 0 saturated heterocycles. The van der Waals surface area contributed by atoms with Gasteiger partial charge in [0.05, 0.1) is 24.0 Å². The van der Waals surface area contributed by atoms with Crippen molar-refractivity contribution in [1.82, 2.24) is 30.2 Å². The summed E-state index contributed by atoms with van der Waals surface area (Å²) in [5.74, 6) is -0.395. The van der Waals surface area contributed by atoms with Crippen LogP contribution < -0.4 is 10.1 Å². The Bertz CT molecular complexity index is 1490. The molecule has 0 aliphatic carbocycles. The summed E-state index contributed by atoms with van der Waals surface area (Å²) in [7, 11) is 0. The number of anilines is 1. The topological polar surface area (TPSA) is 125 Å². The van der Waals surface area contributed by atoms with E-state index in [1.165, 1.54) is 24.4 Å². The van der Waals surface area contributed by atoms with Crippen LogP contribution in [0.1, 0.15) is 60.9 Å². The molecule has 0 aliphatic heterocycles. The lowest BCUT2D eigenvalue weighted by Crippen LogP contribution is -2.17. The highest BCUT2D eigenvalue weighted by atomic mass is 19.4. The number of Topliss-reactive ketones (excluding diaryl/α,β-unsaturated/α-hetero) is 1. The number of ether oxygens (including phenoxy) is 1. The summed E-state index contributed by atoms with van der Waals surface area (Å²) in [6.45, 7) is 2.67. The number of benzene rings is 1. The third kappa shape index (κ3) is 9.46. The second-order valence-corrected chi connectivity index (χ2v) is 9.60. The minimum absolute atomic E-state index is 0.0134. The summed E-state index contributed by atoms with van der Waals surface area (Å²) in [6, 6.07) is 12.3. The van der Waals surface area contributed by atoms with E-state index < -0.39 is 6.36 Å². The third-order valence-corrected chi connectivity index (χ3v) is 6.20. The van der Waals surface area contributed by atoms with Crippen molar-refractivity contribution in [3.63, 3.8) is 0 Å². The van der Waals surface area contributed by atoms with Crippen LogP contribution in [0.15, 0.2) is 60.9 Å². The van der Waals surface area contributed by atoms with Crippen LogP contribution in [0.3, 0.4) is 0 Å². The normalized spacial score (nSPS) is 11.3. The van der Waals surface area contributed by atoms with Gasteiger partial charge < -0.3 is 10.1 Å². The lowest BCUT2D eigenvalue weighted by Gasteiger charge is -2.10. The van der Waals surface area contributed by atoms with Crippen LogP contribution in [0.2, 0.25) is 0 Å². The molecule has 13 heteroatoms. The fourth-order valence-corrected chi connectivity index (χ4v) is 4.12. The van der Waals surface area contributed by atoms with Gasteiger partial charge in [-0.15, -0.1) is 23.4 Å². The molecule has 0 spiro atoms. The van der Waals surface area contributed by atoms with Gasteiger partial charge in [-0.2, -0.15) is 5.10 Å². The summed E-state index contributed by atoms with van der Waals surface area (Å²) < 4.78 is 43.3. The number of amides is 1. The highest BCUT2D eigenvalue weighted by Crippen LogP contribution is 2.28. The fourth-order valence-electron chi connectivity index (χ4n) is 4.12. The van der Waals surface area contributed by atoms with E-state index in [-0.39, 0.29) is 23.9 Å². The van der Waals surface area contributed by atoms with Crippen LogP contribution >= 0.6 is 0 Å². The molecule has 3 heterocycles. The maximum absolute atomic E-state index is 12.6. The number of nitrogens with zero attached hydrogens (tertiary/aromatic N) is 6. The van der Waals surface area contributed by atoms with Crippen molar-refractivity contribution in [2.75, 3.05) is 5.32 Å². The fraction of sp³-hybridized carbons (Fsp3) is 0.345. The summed E-state index contributed by atoms with van der Waals surface area (Å²) >= 11 is 0. The number of nitrogens with one attached hydrogen (secondary N) is 1. The predicted molar refractivity (Wildman–Crippen MR) is 148 cm³/mol. The number of carbonyl (C=O) groups is 2. The largest absolute Gasteiger partial charge is 0.573 e. The van der Waals surface area contributed by atoms with Crippen molar-refractivity contribution < 1.29 is 27.5 Å². The maximum atomic E-state index is 12.6. The van der Waals surface area contributed by atoms with Crippen LogP contribution in [0.25, 0.3) is 11.1 Å². The van der Waals surface area contributed by atoms with Crippen LogP contribution in [0, 0.1) is 0 Å². The molecule has 1 amide bonds. The number of aromatic nitrogens is 6. The van der Waals surface area contributed by atoms with Gasteiger partial charge in [-0.3, -0.25) is 19.3 Å². The Morgan fingerprint density at radius 1 is 0.952 bits per heavy atom. The average molecular weight is 582 g/mol. The van der Waals surface area contributed by atoms with Crippen molar-refractivity contribution in [2.45, 2.75) is 64.8 Å². The Hall–Kier alpha value is -4.68. The van der Waals surface area contributed by atoms with E-state index in [1.54, 1.807) is 41.2 Å². The first kappa shape index (κ1) is 30.3. The molecule has 1 N–H and O–H groups in total. The number of halogens is 3.